The summed E-state index contributed by atoms with van der Waals surface area (Å²) in [4.78, 5) is 24.3. The Kier molecular flexibility index (Phi) is 6.14. The van der Waals surface area contributed by atoms with Crippen LogP contribution in [0.25, 0.3) is 11.1 Å². The van der Waals surface area contributed by atoms with Gasteiger partial charge in [0.1, 0.15) is 5.75 Å². The van der Waals surface area contributed by atoms with Gasteiger partial charge in [0.15, 0.2) is 0 Å². The third kappa shape index (κ3) is 4.42. The summed E-state index contributed by atoms with van der Waals surface area (Å²) < 4.78 is 5.42. The van der Waals surface area contributed by atoms with E-state index in [2.05, 4.69) is 11.4 Å². The fourth-order valence-corrected chi connectivity index (χ4v) is 3.54. The molecule has 0 spiro atoms. The van der Waals surface area contributed by atoms with Crippen molar-refractivity contribution < 1.29 is 14.3 Å². The second-order valence-electron chi connectivity index (χ2n) is 7.08. The van der Waals surface area contributed by atoms with Gasteiger partial charge in [0.25, 0.3) is 5.91 Å². The van der Waals surface area contributed by atoms with E-state index in [-0.39, 0.29) is 11.9 Å². The quantitative estimate of drug-likeness (QED) is 0.743. The molecule has 1 aliphatic carbocycles. The summed E-state index contributed by atoms with van der Waals surface area (Å²) in [6.07, 6.45) is 6.76. The summed E-state index contributed by atoms with van der Waals surface area (Å²) in [5.41, 5.74) is 9.17. The van der Waals surface area contributed by atoms with Crippen molar-refractivity contribution in [2.24, 2.45) is 5.73 Å². The van der Waals surface area contributed by atoms with Crippen LogP contribution in [0.3, 0.4) is 0 Å². The van der Waals surface area contributed by atoms with Gasteiger partial charge in [-0.1, -0.05) is 23.8 Å². The molecular weight excluding hydrogens is 352 g/mol. The molecule has 5 nitrogen and oxygen atoms in total. The van der Waals surface area contributed by atoms with Crippen LogP contribution in [0.2, 0.25) is 0 Å². The van der Waals surface area contributed by atoms with Crippen molar-refractivity contribution in [2.45, 2.75) is 38.6 Å². The van der Waals surface area contributed by atoms with Gasteiger partial charge in [0, 0.05) is 22.7 Å². The summed E-state index contributed by atoms with van der Waals surface area (Å²) in [6.45, 7) is 2.03. The summed E-state index contributed by atoms with van der Waals surface area (Å²) >= 11 is 0. The van der Waals surface area contributed by atoms with Gasteiger partial charge in [-0.2, -0.15) is 0 Å². The number of methoxy groups -OCH3 is 1. The standard InChI is InChI=1S/C23H26N2O3/c1-15(16-7-4-3-5-8-16)25-23(27)19-10-6-9-17(13-19)20-14-18(22(24)26)11-12-21(20)28-2/h6-7,9-15H,3-5,8H2,1-2H3,(H2,24,26)(H,25,27). The maximum Gasteiger partial charge on any atom is 0.251 e. The van der Waals surface area contributed by atoms with Gasteiger partial charge in [0.2, 0.25) is 5.91 Å². The average Bonchev–Trinajstić information content (AvgIpc) is 2.73. The summed E-state index contributed by atoms with van der Waals surface area (Å²) in [5.74, 6) is -0.0125. The van der Waals surface area contributed by atoms with Gasteiger partial charge in [-0.3, -0.25) is 9.59 Å². The van der Waals surface area contributed by atoms with Crippen molar-refractivity contribution in [1.82, 2.24) is 5.32 Å². The van der Waals surface area contributed by atoms with Crippen molar-refractivity contribution in [3.63, 3.8) is 0 Å². The minimum atomic E-state index is -0.507. The zero-order chi connectivity index (χ0) is 20.1. The van der Waals surface area contributed by atoms with Gasteiger partial charge in [-0.25, -0.2) is 0 Å². The minimum absolute atomic E-state index is 0.0178. The lowest BCUT2D eigenvalue weighted by Crippen LogP contribution is -2.34. The number of amides is 2. The Hall–Kier alpha value is -3.08. The first-order valence-electron chi connectivity index (χ1n) is 9.57. The fourth-order valence-electron chi connectivity index (χ4n) is 3.54. The van der Waals surface area contributed by atoms with Crippen LogP contribution in [0.4, 0.5) is 0 Å². The number of carbonyl (C=O) groups is 2. The molecule has 0 saturated carbocycles. The number of benzene rings is 2. The lowest BCUT2D eigenvalue weighted by Gasteiger charge is -2.21. The molecular formula is C23H26N2O3. The molecule has 0 aliphatic heterocycles. The lowest BCUT2D eigenvalue weighted by atomic mass is 9.94. The SMILES string of the molecule is COc1ccc(C(N)=O)cc1-c1cccc(C(=O)NC(C)C2=CCCCC2)c1. The zero-order valence-electron chi connectivity index (χ0n) is 16.3. The Labute approximate surface area is 165 Å². The Morgan fingerprint density at radius 2 is 1.93 bits per heavy atom. The number of nitrogens with one attached hydrogen (secondary N) is 1. The van der Waals surface area contributed by atoms with Crippen molar-refractivity contribution in [2.75, 3.05) is 7.11 Å². The molecule has 1 unspecified atom stereocenters. The highest BCUT2D eigenvalue weighted by Gasteiger charge is 2.16. The van der Waals surface area contributed by atoms with E-state index in [0.717, 1.165) is 24.0 Å². The summed E-state index contributed by atoms with van der Waals surface area (Å²) in [5, 5.41) is 3.09. The highest BCUT2D eigenvalue weighted by molar-refractivity contribution is 5.97. The number of allylic oxidation sites excluding steroid dienone is 1. The number of ether oxygens (including phenoxy) is 1. The number of hydrogen-bond acceptors (Lipinski definition) is 3. The highest BCUT2D eigenvalue weighted by atomic mass is 16.5. The third-order valence-electron chi connectivity index (χ3n) is 5.15. The molecule has 0 radical (unpaired) electrons. The van der Waals surface area contributed by atoms with Crippen LogP contribution in [0.15, 0.2) is 54.1 Å². The van der Waals surface area contributed by atoms with Crippen LogP contribution in [-0.4, -0.2) is 25.0 Å². The molecule has 5 heteroatoms. The van der Waals surface area contributed by atoms with Crippen molar-refractivity contribution in [3.8, 4) is 16.9 Å². The van der Waals surface area contributed by atoms with Crippen LogP contribution in [0, 0.1) is 0 Å². The summed E-state index contributed by atoms with van der Waals surface area (Å²) in [6, 6.07) is 12.3. The fraction of sp³-hybridized carbons (Fsp3) is 0.304. The van der Waals surface area contributed by atoms with E-state index in [1.165, 1.54) is 18.4 Å². The number of nitrogens with two attached hydrogens (primary N) is 1. The molecule has 1 atom stereocenters. The third-order valence-corrected chi connectivity index (χ3v) is 5.15. The first-order chi connectivity index (χ1) is 13.5. The van der Waals surface area contributed by atoms with Crippen LogP contribution in [-0.2, 0) is 0 Å². The normalized spacial score (nSPS) is 14.7. The highest BCUT2D eigenvalue weighted by Crippen LogP contribution is 2.31. The monoisotopic (exact) mass is 378 g/mol. The molecule has 2 aromatic rings. The van der Waals surface area contributed by atoms with Crippen LogP contribution in [0.1, 0.15) is 53.3 Å². The van der Waals surface area contributed by atoms with Gasteiger partial charge in [0.05, 0.1) is 7.11 Å². The Morgan fingerprint density at radius 1 is 1.11 bits per heavy atom. The van der Waals surface area contributed by atoms with Crippen LogP contribution < -0.4 is 15.8 Å². The molecule has 0 saturated heterocycles. The average molecular weight is 378 g/mol. The molecule has 0 bridgehead atoms. The predicted octanol–water partition coefficient (Wildman–Crippen LogP) is 4.08. The van der Waals surface area contributed by atoms with Crippen molar-refractivity contribution >= 4 is 11.8 Å². The Bertz CT molecular complexity index is 918. The van der Waals surface area contributed by atoms with E-state index >= 15 is 0 Å². The Balaban J connectivity index is 1.86. The van der Waals surface area contributed by atoms with Gasteiger partial charge < -0.3 is 15.8 Å². The topological polar surface area (TPSA) is 81.4 Å². The molecule has 1 aliphatic rings. The van der Waals surface area contributed by atoms with E-state index in [0.29, 0.717) is 16.9 Å². The summed E-state index contributed by atoms with van der Waals surface area (Å²) in [7, 11) is 1.57. The molecule has 0 fully saturated rings. The number of primary amides is 1. The lowest BCUT2D eigenvalue weighted by molar-refractivity contribution is 0.0943. The van der Waals surface area contributed by atoms with Crippen LogP contribution >= 0.6 is 0 Å². The smallest absolute Gasteiger partial charge is 0.251 e. The molecule has 3 N–H and O–H groups in total. The van der Waals surface area contributed by atoms with Crippen LogP contribution in [0.5, 0.6) is 5.75 Å². The number of rotatable bonds is 6. The van der Waals surface area contributed by atoms with E-state index in [4.69, 9.17) is 10.5 Å². The molecule has 2 aromatic carbocycles. The van der Waals surface area contributed by atoms with Gasteiger partial charge >= 0.3 is 0 Å². The number of carbonyl (C=O) groups excluding carboxylic acids is 2. The maximum absolute atomic E-state index is 12.8. The van der Waals surface area contributed by atoms with E-state index in [1.54, 1.807) is 37.4 Å². The number of hydrogen-bond donors (Lipinski definition) is 2. The van der Waals surface area contributed by atoms with Crippen molar-refractivity contribution in [3.05, 3.63) is 65.2 Å². The van der Waals surface area contributed by atoms with E-state index in [9.17, 15) is 9.59 Å². The molecule has 28 heavy (non-hydrogen) atoms. The Morgan fingerprint density at radius 3 is 2.61 bits per heavy atom. The predicted molar refractivity (Wildman–Crippen MR) is 110 cm³/mol. The molecule has 3 rings (SSSR count). The first-order valence-corrected chi connectivity index (χ1v) is 9.57. The van der Waals surface area contributed by atoms with Gasteiger partial charge in [-0.15, -0.1) is 0 Å². The largest absolute Gasteiger partial charge is 0.496 e. The second kappa shape index (κ2) is 8.74. The first kappa shape index (κ1) is 19.7. The maximum atomic E-state index is 12.8. The van der Waals surface area contributed by atoms with E-state index in [1.807, 2.05) is 19.1 Å². The molecule has 0 aromatic heterocycles. The van der Waals surface area contributed by atoms with E-state index < -0.39 is 5.91 Å². The second-order valence-corrected chi connectivity index (χ2v) is 7.08. The van der Waals surface area contributed by atoms with Gasteiger partial charge in [-0.05, 0) is 68.5 Å². The molecule has 0 heterocycles. The molecule has 146 valence electrons. The zero-order valence-corrected chi connectivity index (χ0v) is 16.3. The molecule has 2 amide bonds. The minimum Gasteiger partial charge on any atom is -0.496 e. The van der Waals surface area contributed by atoms with Crippen molar-refractivity contribution in [1.29, 1.82) is 0 Å².